The fourth-order valence-electron chi connectivity index (χ4n) is 3.46. The third-order valence-electron chi connectivity index (χ3n) is 5.23. The van der Waals surface area contributed by atoms with Gasteiger partial charge in [0, 0.05) is 32.7 Å². The van der Waals surface area contributed by atoms with Crippen LogP contribution in [0.5, 0.6) is 0 Å². The Hall–Kier alpha value is -2.29. The molecular weight excluding hydrogens is 401 g/mol. The number of ether oxygens (including phenoxy) is 1. The summed E-state index contributed by atoms with van der Waals surface area (Å²) in [7, 11) is 0. The van der Waals surface area contributed by atoms with Crippen LogP contribution in [0.3, 0.4) is 0 Å². The van der Waals surface area contributed by atoms with Gasteiger partial charge in [-0.3, -0.25) is 9.69 Å². The lowest BCUT2D eigenvalue weighted by Gasteiger charge is -2.35. The molecule has 2 fully saturated rings. The standard InChI is InChI=1S/C20H27F3N2O2.CH2O2/c1-18(2,3)27-17(26)25-12-10-24(11-13-25)14-15-4-6-16(7-5-15)19(8-9-19)20(21,22)23;2-1-3/h4-7H,8-14H2,1-3H3;1H,(H,2,3). The molecule has 0 atom stereocenters. The van der Waals surface area contributed by atoms with Gasteiger partial charge in [-0.05, 0) is 44.7 Å². The molecule has 1 saturated carbocycles. The smallest absolute Gasteiger partial charge is 0.410 e. The van der Waals surface area contributed by atoms with E-state index in [2.05, 4.69) is 4.90 Å². The van der Waals surface area contributed by atoms with Crippen LogP contribution < -0.4 is 0 Å². The molecule has 1 aromatic rings. The van der Waals surface area contributed by atoms with E-state index < -0.39 is 17.2 Å². The molecule has 0 aromatic heterocycles. The molecule has 1 amide bonds. The largest absolute Gasteiger partial charge is 0.483 e. The summed E-state index contributed by atoms with van der Waals surface area (Å²) in [4.78, 5) is 24.4. The van der Waals surface area contributed by atoms with Gasteiger partial charge in [0.25, 0.3) is 6.47 Å². The molecule has 30 heavy (non-hydrogen) atoms. The van der Waals surface area contributed by atoms with Crippen LogP contribution >= 0.6 is 0 Å². The first kappa shape index (κ1) is 24.0. The SMILES string of the molecule is CC(C)(C)OC(=O)N1CCN(Cc2ccc(C3(C(F)(F)F)CC3)cc2)CC1.O=CO. The third kappa shape index (κ3) is 6.10. The van der Waals surface area contributed by atoms with Crippen LogP contribution in [-0.4, -0.2) is 65.4 Å². The molecule has 1 aliphatic heterocycles. The predicted molar refractivity (Wildman–Crippen MR) is 105 cm³/mol. The highest BCUT2D eigenvalue weighted by molar-refractivity contribution is 5.68. The van der Waals surface area contributed by atoms with Gasteiger partial charge in [0.1, 0.15) is 5.60 Å². The zero-order chi connectivity index (χ0) is 22.6. The molecule has 0 bridgehead atoms. The van der Waals surface area contributed by atoms with Crippen molar-refractivity contribution < 1.29 is 32.6 Å². The second-order valence-electron chi connectivity index (χ2n) is 8.63. The molecule has 1 heterocycles. The van der Waals surface area contributed by atoms with Crippen LogP contribution in [-0.2, 0) is 21.5 Å². The Bertz CT molecular complexity index is 717. The van der Waals surface area contributed by atoms with Gasteiger partial charge in [0.05, 0.1) is 5.41 Å². The van der Waals surface area contributed by atoms with Crippen molar-refractivity contribution in [1.82, 2.24) is 9.80 Å². The summed E-state index contributed by atoms with van der Waals surface area (Å²) in [5.41, 5.74) is -0.772. The van der Waals surface area contributed by atoms with Gasteiger partial charge in [-0.25, -0.2) is 4.79 Å². The summed E-state index contributed by atoms with van der Waals surface area (Å²) in [5.74, 6) is 0. The minimum Gasteiger partial charge on any atom is -0.483 e. The predicted octanol–water partition coefficient (Wildman–Crippen LogP) is 4.03. The van der Waals surface area contributed by atoms with Crippen LogP contribution in [0.15, 0.2) is 24.3 Å². The van der Waals surface area contributed by atoms with E-state index in [1.165, 1.54) is 0 Å². The van der Waals surface area contributed by atoms with Crippen molar-refractivity contribution in [3.63, 3.8) is 0 Å². The molecule has 0 spiro atoms. The van der Waals surface area contributed by atoms with Crippen molar-refractivity contribution in [2.75, 3.05) is 26.2 Å². The topological polar surface area (TPSA) is 70.1 Å². The molecule has 6 nitrogen and oxygen atoms in total. The second kappa shape index (κ2) is 9.24. The van der Waals surface area contributed by atoms with Gasteiger partial charge in [-0.2, -0.15) is 13.2 Å². The van der Waals surface area contributed by atoms with Crippen molar-refractivity contribution in [2.24, 2.45) is 0 Å². The first-order chi connectivity index (χ1) is 13.9. The fraction of sp³-hybridized carbons (Fsp3) is 0.619. The van der Waals surface area contributed by atoms with Crippen LogP contribution in [0.25, 0.3) is 0 Å². The number of nitrogens with zero attached hydrogens (tertiary/aromatic N) is 2. The summed E-state index contributed by atoms with van der Waals surface area (Å²) < 4.78 is 45.0. The summed E-state index contributed by atoms with van der Waals surface area (Å²) >= 11 is 0. The second-order valence-corrected chi connectivity index (χ2v) is 8.63. The summed E-state index contributed by atoms with van der Waals surface area (Å²) in [6.45, 7) is 8.55. The minimum absolute atomic E-state index is 0.183. The van der Waals surface area contributed by atoms with Gasteiger partial charge in [0.2, 0.25) is 0 Å². The number of benzene rings is 1. The lowest BCUT2D eigenvalue weighted by molar-refractivity contribution is -0.160. The Labute approximate surface area is 174 Å². The first-order valence-electron chi connectivity index (χ1n) is 9.86. The van der Waals surface area contributed by atoms with E-state index in [0.29, 0.717) is 38.3 Å². The lowest BCUT2D eigenvalue weighted by atomic mass is 9.94. The minimum atomic E-state index is -4.17. The molecule has 0 unspecified atom stereocenters. The summed E-state index contributed by atoms with van der Waals surface area (Å²) in [6.07, 6.45) is -4.11. The van der Waals surface area contributed by atoms with E-state index in [0.717, 1.165) is 5.56 Å². The Morgan fingerprint density at radius 1 is 1.10 bits per heavy atom. The molecular formula is C21H29F3N2O4. The Morgan fingerprint density at radius 2 is 1.60 bits per heavy atom. The van der Waals surface area contributed by atoms with Crippen molar-refractivity contribution in [2.45, 2.75) is 57.3 Å². The maximum absolute atomic E-state index is 13.2. The van der Waals surface area contributed by atoms with E-state index in [9.17, 15) is 18.0 Å². The number of amides is 1. The Balaban J connectivity index is 0.00000101. The molecule has 1 N–H and O–H groups in total. The molecule has 9 heteroatoms. The number of carbonyl (C=O) groups is 2. The number of piperazine rings is 1. The zero-order valence-electron chi connectivity index (χ0n) is 17.5. The number of rotatable bonds is 3. The van der Waals surface area contributed by atoms with Crippen LogP contribution in [0.1, 0.15) is 44.7 Å². The van der Waals surface area contributed by atoms with E-state index in [-0.39, 0.29) is 25.4 Å². The highest BCUT2D eigenvalue weighted by Gasteiger charge is 2.64. The molecule has 1 aromatic carbocycles. The Kier molecular flexibility index (Phi) is 7.39. The van der Waals surface area contributed by atoms with Gasteiger partial charge in [0.15, 0.2) is 0 Å². The number of carbonyl (C=O) groups excluding carboxylic acids is 1. The number of halogens is 3. The highest BCUT2D eigenvalue weighted by atomic mass is 19.4. The van der Waals surface area contributed by atoms with Crippen molar-refractivity contribution in [3.05, 3.63) is 35.4 Å². The van der Waals surface area contributed by atoms with E-state index >= 15 is 0 Å². The van der Waals surface area contributed by atoms with Gasteiger partial charge >= 0.3 is 12.3 Å². The molecule has 0 radical (unpaired) electrons. The fourth-order valence-corrected chi connectivity index (χ4v) is 3.46. The first-order valence-corrected chi connectivity index (χ1v) is 9.86. The van der Waals surface area contributed by atoms with Crippen molar-refractivity contribution in [3.8, 4) is 0 Å². The van der Waals surface area contributed by atoms with Crippen molar-refractivity contribution >= 4 is 12.6 Å². The quantitative estimate of drug-likeness (QED) is 0.733. The van der Waals surface area contributed by atoms with Crippen molar-refractivity contribution in [1.29, 1.82) is 0 Å². The van der Waals surface area contributed by atoms with Gasteiger partial charge in [-0.1, -0.05) is 24.3 Å². The van der Waals surface area contributed by atoms with Gasteiger partial charge < -0.3 is 14.7 Å². The summed E-state index contributed by atoms with van der Waals surface area (Å²) in [5, 5.41) is 6.89. The Morgan fingerprint density at radius 3 is 2.00 bits per heavy atom. The number of carboxylic acid groups (broad SMARTS) is 1. The monoisotopic (exact) mass is 430 g/mol. The number of alkyl halides is 3. The third-order valence-corrected chi connectivity index (χ3v) is 5.23. The van der Waals surface area contributed by atoms with E-state index in [1.807, 2.05) is 20.8 Å². The maximum atomic E-state index is 13.2. The summed E-state index contributed by atoms with van der Waals surface area (Å²) in [6, 6.07) is 6.82. The van der Waals surface area contributed by atoms with Gasteiger partial charge in [-0.15, -0.1) is 0 Å². The number of hydrogen-bond donors (Lipinski definition) is 1. The highest BCUT2D eigenvalue weighted by Crippen LogP contribution is 2.58. The van der Waals surface area contributed by atoms with Crippen LogP contribution in [0.2, 0.25) is 0 Å². The molecule has 1 saturated heterocycles. The average molecular weight is 430 g/mol. The van der Waals surface area contributed by atoms with E-state index in [4.69, 9.17) is 14.6 Å². The maximum Gasteiger partial charge on any atom is 0.410 e. The number of hydrogen-bond acceptors (Lipinski definition) is 4. The van der Waals surface area contributed by atoms with E-state index in [1.54, 1.807) is 29.2 Å². The molecule has 3 rings (SSSR count). The zero-order valence-corrected chi connectivity index (χ0v) is 17.5. The lowest BCUT2D eigenvalue weighted by Crippen LogP contribution is -2.49. The molecule has 2 aliphatic rings. The van der Waals surface area contributed by atoms with Crippen LogP contribution in [0.4, 0.5) is 18.0 Å². The molecule has 168 valence electrons. The van der Waals surface area contributed by atoms with Crippen LogP contribution in [0, 0.1) is 0 Å². The average Bonchev–Trinajstić information content (AvgIpc) is 3.44. The molecule has 1 aliphatic carbocycles. The normalized spacial score (nSPS) is 18.8.